The van der Waals surface area contributed by atoms with Gasteiger partial charge in [0.25, 0.3) is 5.56 Å². The molecule has 7 aliphatic heterocycles. The van der Waals surface area contributed by atoms with E-state index in [-0.39, 0.29) is 126 Å². The molecule has 11 aromatic rings. The molecular weight excluding hydrogens is 1950 g/mol. The lowest BCUT2D eigenvalue weighted by atomic mass is 9.89. The first-order chi connectivity index (χ1) is 64.3. The Balaban J connectivity index is 0.000000135. The third-order valence-corrected chi connectivity index (χ3v) is 32.3. The van der Waals surface area contributed by atoms with E-state index >= 15 is 0 Å². The van der Waals surface area contributed by atoms with Gasteiger partial charge in [0.1, 0.15) is 21.5 Å². The van der Waals surface area contributed by atoms with E-state index in [0.29, 0.717) is 148 Å². The van der Waals surface area contributed by atoms with E-state index in [1.807, 2.05) is 36.4 Å². The van der Waals surface area contributed by atoms with Gasteiger partial charge in [0, 0.05) is 86.2 Å². The maximum atomic E-state index is 13.8. The Morgan fingerprint density at radius 1 is 0.478 bits per heavy atom. The summed E-state index contributed by atoms with van der Waals surface area (Å²) in [6, 6.07) is 27.1. The molecule has 38 nitrogen and oxygen atoms in total. The molecule has 134 heavy (non-hydrogen) atoms. The summed E-state index contributed by atoms with van der Waals surface area (Å²) >= 11 is 19.2. The zero-order valence-corrected chi connectivity index (χ0v) is 79.8. The number of rotatable bonds is 17. The number of imide groups is 7. The number of thiophene rings is 1. The zero-order chi connectivity index (χ0) is 95.4. The quantitative estimate of drug-likeness (QED) is 0.0298. The maximum Gasteiger partial charge on any atom is 0.267 e. The number of fused-ring (bicyclic) bond motifs is 4. The smallest absolute Gasteiger partial charge is 0.267 e. The van der Waals surface area contributed by atoms with Crippen molar-refractivity contribution in [3.8, 4) is 17.1 Å². The highest BCUT2D eigenvalue weighted by molar-refractivity contribution is 8.03. The third kappa shape index (κ3) is 27.4. The van der Waals surface area contributed by atoms with Crippen molar-refractivity contribution >= 4 is 248 Å². The highest BCUT2D eigenvalue weighted by Crippen LogP contribution is 2.41. The number of nitrogen functional groups attached to an aromatic ring is 2. The van der Waals surface area contributed by atoms with Gasteiger partial charge in [0.15, 0.2) is 35.8 Å². The number of benzene rings is 4. The molecule has 8 unspecified atom stereocenters. The number of H-pyrrole nitrogens is 1. The Hall–Kier alpha value is -11.5. The molecule has 51 heteroatoms. The Morgan fingerprint density at radius 2 is 0.955 bits per heavy atom. The number of aryl methyl sites for hydroxylation is 1. The van der Waals surface area contributed by atoms with Gasteiger partial charge in [0.2, 0.25) is 93.0 Å². The molecule has 19 rings (SSSR count). The lowest BCUT2D eigenvalue weighted by Gasteiger charge is -2.21. The van der Waals surface area contributed by atoms with E-state index in [4.69, 9.17) is 28.1 Å². The number of para-hydroxylation sites is 1. The van der Waals surface area contributed by atoms with Crippen LogP contribution in [0.1, 0.15) is 114 Å². The van der Waals surface area contributed by atoms with Crippen LogP contribution in [0.5, 0.6) is 0 Å². The van der Waals surface area contributed by atoms with E-state index < -0.39 is 10.5 Å². The predicted octanol–water partition coefficient (Wildman–Crippen LogP) is 9.28. The number of amides is 14. The fourth-order valence-electron chi connectivity index (χ4n) is 13.6. The zero-order valence-electron chi connectivity index (χ0n) is 70.9. The molecule has 0 spiro atoms. The molecule has 0 radical (unpaired) electrons. The summed E-state index contributed by atoms with van der Waals surface area (Å²) in [5.74, 6) is -2.87. The van der Waals surface area contributed by atoms with Crippen molar-refractivity contribution in [2.45, 2.75) is 187 Å². The summed E-state index contributed by atoms with van der Waals surface area (Å²) in [7, 11) is 3.48. The number of imidazole rings is 1. The van der Waals surface area contributed by atoms with Crippen LogP contribution in [0.2, 0.25) is 5.02 Å². The number of hydrogen-bond donors (Lipinski definition) is 11. The van der Waals surface area contributed by atoms with Gasteiger partial charge in [0.05, 0.1) is 64.4 Å². The Bertz CT molecular complexity index is 6370. The molecule has 8 aliphatic rings. The number of nitrogens with two attached hydrogens (primary N) is 2. The molecule has 14 heterocycles. The second kappa shape index (κ2) is 47.1. The van der Waals surface area contributed by atoms with E-state index in [2.05, 4.69) is 100.0 Å². The second-order valence-electron chi connectivity index (χ2n) is 30.1. The number of hydrogen-bond acceptors (Lipinski definition) is 38. The van der Waals surface area contributed by atoms with Crippen LogP contribution in [-0.2, 0) is 87.0 Å². The van der Waals surface area contributed by atoms with Crippen LogP contribution in [0.15, 0.2) is 148 Å². The first kappa shape index (κ1) is 100.0. The second-order valence-corrected chi connectivity index (χ2v) is 42.5. The molecule has 7 saturated heterocycles. The van der Waals surface area contributed by atoms with Gasteiger partial charge in [-0.15, -0.1) is 53.7 Å². The van der Waals surface area contributed by atoms with Crippen LogP contribution in [0.3, 0.4) is 0 Å². The molecule has 1 aliphatic carbocycles. The molecule has 14 amide bonds. The summed E-state index contributed by atoms with van der Waals surface area (Å²) in [5.41, 5.74) is 14.8. The molecule has 7 fully saturated rings. The van der Waals surface area contributed by atoms with E-state index in [9.17, 15) is 80.7 Å². The standard InChI is InChI=1S/C22H21N3O3S2.C14H13FN4O2S.C12H10ClN3O2S.C11H10FNO2S.C9H10N4O2S.C8H10N4O2S2.C7H8N4O2S2/c1-12-7-8-14-16(11-12)29-20-18(14)21(28)25(13-5-3-2-4-6-13)22(24-20)30-15-9-10-17(26)23-19(15)27;1-19-12(8-4-2-3-5-9(8)15)17-18-14(19)22-10-6-7-11(20)16-13(10)21;13-6-1-2-7-8(5-6)15-12(14-7)19-9-3-4-10(17)16-11(9)18;12-7-1-3-8(4-2-7)16-9-5-6-10(14)13-11(9)15;10-7-9(12-4-3-11-7)16-5-1-2-6(14)13-8(5)15;1-9-7-11-12-8(16-7)15-4-2-3-5(13)10-6(4)14;8-6-10-11-7(15-6)14-3-1-2-4(12)9-5(3)13/h2-6,12,15H,7-11H2,1H3,(H,23,26,27);2-5,10H,6-7H2,1H3,(H,16,20,21);1-2,5,9H,3-4H2,(H,14,15)(H,16,17,18);1-4,9H,5-6H2,(H,13,14,15);3-5H,1-2H2,(H2,10,11)(H,13,14,15);4H,2-3H2,1H3,(H,9,11)(H,10,13,14);3H,1-2H2,(H2,8,10)(H,9,12,13). The number of piperidine rings is 7. The highest BCUT2D eigenvalue weighted by Gasteiger charge is 2.37. The molecular formula is C83H82ClF2N23O15S10. The van der Waals surface area contributed by atoms with Gasteiger partial charge in [-0.3, -0.25) is 114 Å². The molecule has 0 bridgehead atoms. The first-order valence-electron chi connectivity index (χ1n) is 41.2. The first-order valence-corrected chi connectivity index (χ1v) is 50.2. The topological polar surface area (TPSA) is 559 Å². The highest BCUT2D eigenvalue weighted by atomic mass is 35.5. The SMILES string of the molecule is CC1CCc2c(sc3nc(SC4CCC(=O)NC4=O)n(-c4ccccc4)c(=O)c23)C1.CNc1nnc(SC2CCC(=O)NC2=O)s1.Cn1c(SC2CCC(=O)NC2=O)nnc1-c1ccccc1F.Nc1nccnc1SC1CCC(=O)NC1=O.Nc1nnc(SC2CCC(=O)NC2=O)s1.O=C1CCC(Sc2ccc(F)cc2)C(=O)N1.O=C1CCC(Sc2nc3ccc(Cl)cc3[nH]2)C(=O)N1. The minimum Gasteiger partial charge on any atom is -0.381 e. The fraction of sp³-hybridized carbons (Fsp3) is 0.337. The average Bonchev–Trinajstić information content (AvgIpc) is 1.58. The summed E-state index contributed by atoms with van der Waals surface area (Å²) in [5, 5.41) is 44.8. The minimum absolute atomic E-state index is 0.0759. The summed E-state index contributed by atoms with van der Waals surface area (Å²) in [6.07, 6.45) is 12.0. The van der Waals surface area contributed by atoms with Crippen LogP contribution in [0.25, 0.3) is 38.3 Å². The number of nitrogens with zero attached hydrogens (tertiary/aromatic N) is 12. The largest absolute Gasteiger partial charge is 0.381 e. The molecule has 0 saturated carbocycles. The van der Waals surface area contributed by atoms with Crippen molar-refractivity contribution in [2.24, 2.45) is 13.0 Å². The van der Waals surface area contributed by atoms with Gasteiger partial charge < -0.3 is 26.3 Å². The third-order valence-electron chi connectivity index (χ3n) is 20.3. The fourth-order valence-corrected chi connectivity index (χ4v) is 24.0. The minimum atomic E-state index is -0.448. The lowest BCUT2D eigenvalue weighted by molar-refractivity contribution is -0.134. The summed E-state index contributed by atoms with van der Waals surface area (Å²) in [4.78, 5) is 196. The Kier molecular flexibility index (Phi) is 35.2. The van der Waals surface area contributed by atoms with Crippen LogP contribution >= 0.6 is 128 Å². The molecule has 7 aromatic heterocycles. The van der Waals surface area contributed by atoms with E-state index in [1.54, 1.807) is 77.0 Å². The number of carbonyl (C=O) groups is 14. The van der Waals surface area contributed by atoms with Gasteiger partial charge in [-0.05, 0) is 142 Å². The van der Waals surface area contributed by atoms with Crippen molar-refractivity contribution in [3.05, 3.63) is 147 Å². The maximum absolute atomic E-state index is 13.8. The van der Waals surface area contributed by atoms with Crippen LogP contribution in [0, 0.1) is 17.6 Å². The lowest BCUT2D eigenvalue weighted by Crippen LogP contribution is -2.42. The molecule has 4 aromatic carbocycles. The van der Waals surface area contributed by atoms with Crippen molar-refractivity contribution < 1.29 is 75.9 Å². The monoisotopic (exact) mass is 2030 g/mol. The van der Waals surface area contributed by atoms with Crippen molar-refractivity contribution in [3.63, 3.8) is 0 Å². The number of halogens is 3. The van der Waals surface area contributed by atoms with Gasteiger partial charge in [-0.1, -0.05) is 142 Å². The van der Waals surface area contributed by atoms with Gasteiger partial charge in [-0.25, -0.2) is 28.7 Å². The molecule has 8 atom stereocenters. The normalized spacial score (nSPS) is 20.4. The van der Waals surface area contributed by atoms with Crippen LogP contribution < -0.4 is 59.6 Å². The average molecular weight is 2040 g/mol. The van der Waals surface area contributed by atoms with Gasteiger partial charge in [-0.2, -0.15) is 0 Å². The number of anilines is 3. The van der Waals surface area contributed by atoms with E-state index in [0.717, 1.165) is 66.1 Å². The van der Waals surface area contributed by atoms with Gasteiger partial charge >= 0.3 is 0 Å². The van der Waals surface area contributed by atoms with Crippen molar-refractivity contribution in [1.82, 2.24) is 102 Å². The van der Waals surface area contributed by atoms with Crippen molar-refractivity contribution in [2.75, 3.05) is 23.8 Å². The molecule has 13 N–H and O–H groups in total. The van der Waals surface area contributed by atoms with Crippen molar-refractivity contribution in [1.29, 1.82) is 0 Å². The Morgan fingerprint density at radius 3 is 1.46 bits per heavy atom. The number of aromatic nitrogens is 13. The number of aromatic amines is 1. The predicted molar refractivity (Wildman–Crippen MR) is 505 cm³/mol. The van der Waals surface area contributed by atoms with Crippen LogP contribution in [-0.4, -0.2) is 191 Å². The van der Waals surface area contributed by atoms with Crippen LogP contribution in [0.4, 0.5) is 24.9 Å². The summed E-state index contributed by atoms with van der Waals surface area (Å²) < 4.78 is 31.2. The number of thioether (sulfide) groups is 7. The summed E-state index contributed by atoms with van der Waals surface area (Å²) in [6.45, 7) is 2.24. The number of nitrogens with one attached hydrogen (secondary N) is 9. The van der Waals surface area contributed by atoms with E-state index in [1.165, 1.54) is 140 Å². The molecule has 700 valence electrons. The Labute approximate surface area is 807 Å². The number of carbonyl (C=O) groups excluding carboxylic acids is 14.